The van der Waals surface area contributed by atoms with Gasteiger partial charge in [-0.15, -0.1) is 0 Å². The maximum absolute atomic E-state index is 11.5. The van der Waals surface area contributed by atoms with E-state index in [0.717, 1.165) is 0 Å². The van der Waals surface area contributed by atoms with Crippen LogP contribution < -0.4 is 5.43 Å². The predicted octanol–water partition coefficient (Wildman–Crippen LogP) is 0.652. The number of rotatable bonds is 3. The number of nitrogens with zero attached hydrogens (tertiary/aromatic N) is 3. The van der Waals surface area contributed by atoms with Gasteiger partial charge in [0.25, 0.3) is 0 Å². The van der Waals surface area contributed by atoms with Crippen LogP contribution in [0.15, 0.2) is 41.8 Å². The molecule has 0 saturated heterocycles. The second-order valence-electron chi connectivity index (χ2n) is 3.51. The molecule has 0 spiro atoms. The number of carbonyl (C=O) groups excluding carboxylic acids is 1. The van der Waals surface area contributed by atoms with Crippen molar-refractivity contribution in [3.05, 3.63) is 48.0 Å². The molecule has 7 nitrogen and oxygen atoms in total. The molecule has 19 heavy (non-hydrogen) atoms. The largest absolute Gasteiger partial charge is 0.508 e. The van der Waals surface area contributed by atoms with Crippen LogP contribution >= 0.6 is 0 Å². The van der Waals surface area contributed by atoms with Crippen molar-refractivity contribution in [2.45, 2.75) is 0 Å². The van der Waals surface area contributed by atoms with Crippen molar-refractivity contribution in [3.63, 3.8) is 0 Å². The molecule has 0 atom stereocenters. The monoisotopic (exact) mass is 258 g/mol. The summed E-state index contributed by atoms with van der Waals surface area (Å²) in [6, 6.07) is 5.55. The molecule has 0 radical (unpaired) electrons. The molecular weight excluding hydrogens is 248 g/mol. The van der Waals surface area contributed by atoms with Crippen molar-refractivity contribution in [2.75, 3.05) is 0 Å². The first kappa shape index (κ1) is 12.5. The molecule has 0 aliphatic rings. The number of benzene rings is 1. The number of phenolic OH excluding ortho intramolecular Hbond substituents is 2. The van der Waals surface area contributed by atoms with Crippen LogP contribution in [0.4, 0.5) is 0 Å². The first-order chi connectivity index (χ1) is 9.16. The molecule has 2 aromatic rings. The molecule has 0 unspecified atom stereocenters. The van der Waals surface area contributed by atoms with Gasteiger partial charge < -0.3 is 10.2 Å². The van der Waals surface area contributed by atoms with E-state index < -0.39 is 5.91 Å². The summed E-state index contributed by atoms with van der Waals surface area (Å²) in [5, 5.41) is 22.4. The number of carbonyl (C=O) groups is 1. The van der Waals surface area contributed by atoms with Gasteiger partial charge in [0.05, 0.1) is 6.21 Å². The lowest BCUT2D eigenvalue weighted by Gasteiger charge is -2.00. The van der Waals surface area contributed by atoms with Gasteiger partial charge in [0, 0.05) is 18.0 Å². The summed E-state index contributed by atoms with van der Waals surface area (Å²) in [6.07, 6.45) is 4.08. The zero-order valence-electron chi connectivity index (χ0n) is 9.69. The molecule has 96 valence electrons. The van der Waals surface area contributed by atoms with Gasteiger partial charge in [0.1, 0.15) is 11.5 Å². The molecular formula is C12H10N4O3. The van der Waals surface area contributed by atoms with Crippen molar-refractivity contribution >= 4 is 12.1 Å². The van der Waals surface area contributed by atoms with Gasteiger partial charge in [-0.1, -0.05) is 0 Å². The molecule has 7 heteroatoms. The molecule has 0 aliphatic carbocycles. The van der Waals surface area contributed by atoms with E-state index in [1.54, 1.807) is 6.07 Å². The Labute approximate surface area is 108 Å². The molecule has 1 aromatic heterocycles. The smallest absolute Gasteiger partial charge is 0.309 e. The third-order valence-electron chi connectivity index (χ3n) is 2.15. The maximum Gasteiger partial charge on any atom is 0.309 e. The molecule has 0 saturated carbocycles. The first-order valence-electron chi connectivity index (χ1n) is 5.29. The van der Waals surface area contributed by atoms with Crippen LogP contribution in [0.3, 0.4) is 0 Å². The second-order valence-corrected chi connectivity index (χ2v) is 3.51. The van der Waals surface area contributed by atoms with Gasteiger partial charge in [-0.2, -0.15) is 5.10 Å². The number of phenols is 2. The average molecular weight is 258 g/mol. The highest BCUT2D eigenvalue weighted by atomic mass is 16.3. The summed E-state index contributed by atoms with van der Waals surface area (Å²) in [5.74, 6) is -0.667. The van der Waals surface area contributed by atoms with Crippen LogP contribution in [0.1, 0.15) is 16.2 Å². The highest BCUT2D eigenvalue weighted by Crippen LogP contribution is 2.19. The van der Waals surface area contributed by atoms with E-state index in [0.29, 0.717) is 0 Å². The van der Waals surface area contributed by atoms with Crippen LogP contribution in [0.5, 0.6) is 11.5 Å². The minimum absolute atomic E-state index is 0.0141. The third-order valence-corrected chi connectivity index (χ3v) is 2.15. The van der Waals surface area contributed by atoms with E-state index in [2.05, 4.69) is 20.5 Å². The molecule has 0 bridgehead atoms. The lowest BCUT2D eigenvalue weighted by atomic mass is 10.2. The van der Waals surface area contributed by atoms with Crippen LogP contribution in [0, 0.1) is 0 Å². The summed E-state index contributed by atoms with van der Waals surface area (Å²) in [5.41, 5.74) is 2.48. The standard InChI is InChI=1S/C12H10N4O3/c17-9-2-3-10(18)8(6-9)7-15-16-12(19)11-13-4-1-5-14-11/h1-7,17-18H,(H,16,19)/b15-7+. The number of hydrogen-bond acceptors (Lipinski definition) is 6. The highest BCUT2D eigenvalue weighted by molar-refractivity contribution is 5.91. The molecule has 0 fully saturated rings. The fraction of sp³-hybridized carbons (Fsp3) is 0. The fourth-order valence-corrected chi connectivity index (χ4v) is 1.27. The Bertz CT molecular complexity index is 614. The first-order valence-corrected chi connectivity index (χ1v) is 5.29. The summed E-state index contributed by atoms with van der Waals surface area (Å²) in [4.78, 5) is 19.0. The van der Waals surface area contributed by atoms with Crippen LogP contribution in [0.25, 0.3) is 0 Å². The number of nitrogens with one attached hydrogen (secondary N) is 1. The summed E-state index contributed by atoms with van der Waals surface area (Å²) in [6.45, 7) is 0. The van der Waals surface area contributed by atoms with Crippen molar-refractivity contribution in [2.24, 2.45) is 5.10 Å². The van der Waals surface area contributed by atoms with E-state index in [-0.39, 0.29) is 22.9 Å². The fourth-order valence-electron chi connectivity index (χ4n) is 1.27. The quantitative estimate of drug-likeness (QED) is 0.425. The van der Waals surface area contributed by atoms with E-state index in [9.17, 15) is 15.0 Å². The molecule has 1 aromatic carbocycles. The average Bonchev–Trinajstić information content (AvgIpc) is 2.43. The lowest BCUT2D eigenvalue weighted by molar-refractivity contribution is 0.0944. The molecule has 1 amide bonds. The molecule has 2 rings (SSSR count). The minimum Gasteiger partial charge on any atom is -0.508 e. The Morgan fingerprint density at radius 2 is 2.00 bits per heavy atom. The van der Waals surface area contributed by atoms with Crippen LogP contribution in [0.2, 0.25) is 0 Å². The van der Waals surface area contributed by atoms with Gasteiger partial charge in [-0.05, 0) is 24.3 Å². The number of aromatic nitrogens is 2. The molecule has 0 aliphatic heterocycles. The summed E-state index contributed by atoms with van der Waals surface area (Å²) < 4.78 is 0. The minimum atomic E-state index is -0.573. The Morgan fingerprint density at radius 3 is 2.74 bits per heavy atom. The Balaban J connectivity index is 2.04. The Morgan fingerprint density at radius 1 is 1.26 bits per heavy atom. The van der Waals surface area contributed by atoms with Crippen LogP contribution in [-0.4, -0.2) is 32.3 Å². The zero-order valence-corrected chi connectivity index (χ0v) is 9.69. The number of hydrogen-bond donors (Lipinski definition) is 3. The maximum atomic E-state index is 11.5. The number of hydrazone groups is 1. The lowest BCUT2D eigenvalue weighted by Crippen LogP contribution is -2.20. The summed E-state index contributed by atoms with van der Waals surface area (Å²) >= 11 is 0. The number of aromatic hydroxyl groups is 2. The normalized spacial score (nSPS) is 10.5. The van der Waals surface area contributed by atoms with Gasteiger partial charge in [0.2, 0.25) is 5.82 Å². The van der Waals surface area contributed by atoms with Gasteiger partial charge in [0.15, 0.2) is 0 Å². The Kier molecular flexibility index (Phi) is 3.67. The van der Waals surface area contributed by atoms with Crippen molar-refractivity contribution in [3.8, 4) is 11.5 Å². The van der Waals surface area contributed by atoms with Crippen molar-refractivity contribution < 1.29 is 15.0 Å². The van der Waals surface area contributed by atoms with E-state index in [1.807, 2.05) is 0 Å². The SMILES string of the molecule is O=C(N/N=C/c1cc(O)ccc1O)c1ncccn1. The van der Waals surface area contributed by atoms with Gasteiger partial charge in [-0.3, -0.25) is 4.79 Å². The second kappa shape index (κ2) is 5.58. The highest BCUT2D eigenvalue weighted by Gasteiger charge is 2.06. The van der Waals surface area contributed by atoms with Gasteiger partial charge in [-0.25, -0.2) is 15.4 Å². The van der Waals surface area contributed by atoms with E-state index >= 15 is 0 Å². The van der Waals surface area contributed by atoms with Crippen LogP contribution in [-0.2, 0) is 0 Å². The van der Waals surface area contributed by atoms with E-state index in [4.69, 9.17) is 0 Å². The van der Waals surface area contributed by atoms with Crippen molar-refractivity contribution in [1.82, 2.24) is 15.4 Å². The molecule has 1 heterocycles. The molecule has 3 N–H and O–H groups in total. The van der Waals surface area contributed by atoms with Gasteiger partial charge >= 0.3 is 5.91 Å². The van der Waals surface area contributed by atoms with E-state index in [1.165, 1.54) is 36.8 Å². The Hall–Kier alpha value is -2.96. The number of amides is 1. The third kappa shape index (κ3) is 3.25. The van der Waals surface area contributed by atoms with Crippen molar-refractivity contribution in [1.29, 1.82) is 0 Å². The summed E-state index contributed by atoms with van der Waals surface area (Å²) in [7, 11) is 0. The zero-order chi connectivity index (χ0) is 13.7. The predicted molar refractivity (Wildman–Crippen MR) is 66.9 cm³/mol. The topological polar surface area (TPSA) is 108 Å².